The van der Waals surface area contributed by atoms with Gasteiger partial charge in [-0.1, -0.05) is 17.7 Å². The van der Waals surface area contributed by atoms with Gasteiger partial charge in [0.2, 0.25) is 0 Å². The predicted molar refractivity (Wildman–Crippen MR) is 99.1 cm³/mol. The van der Waals surface area contributed by atoms with Crippen LogP contribution in [0, 0.1) is 11.6 Å². The Hall–Kier alpha value is -3.45. The number of anilines is 1. The molecule has 1 saturated heterocycles. The van der Waals surface area contributed by atoms with E-state index in [2.05, 4.69) is 5.43 Å². The maximum atomic E-state index is 13.9. The number of furan rings is 1. The topological polar surface area (TPSA) is 62.6 Å². The zero-order valence-corrected chi connectivity index (χ0v) is 14.8. The van der Waals surface area contributed by atoms with Gasteiger partial charge < -0.3 is 4.42 Å². The monoisotopic (exact) mass is 400 g/mol. The summed E-state index contributed by atoms with van der Waals surface area (Å²) in [6.45, 7) is 0. The van der Waals surface area contributed by atoms with Crippen LogP contribution in [0.1, 0.15) is 5.76 Å². The van der Waals surface area contributed by atoms with E-state index in [0.717, 1.165) is 17.1 Å². The zero-order valence-electron chi connectivity index (χ0n) is 14.1. The number of nitrogens with one attached hydrogen (secondary N) is 1. The Bertz CT molecular complexity index is 1140. The first kappa shape index (κ1) is 17.9. The molecular weight excluding hydrogens is 390 g/mol. The number of carbonyl (C=O) groups excluding carboxylic acids is 2. The van der Waals surface area contributed by atoms with Gasteiger partial charge >= 0.3 is 0 Å². The van der Waals surface area contributed by atoms with Crippen LogP contribution in [0.3, 0.4) is 0 Å². The van der Waals surface area contributed by atoms with Crippen molar-refractivity contribution in [3.8, 4) is 11.3 Å². The van der Waals surface area contributed by atoms with Crippen LogP contribution >= 0.6 is 11.6 Å². The number of carbonyl (C=O) groups is 2. The van der Waals surface area contributed by atoms with Crippen molar-refractivity contribution in [2.75, 3.05) is 5.01 Å². The summed E-state index contributed by atoms with van der Waals surface area (Å²) in [6.07, 6.45) is 1.26. The van der Waals surface area contributed by atoms with E-state index in [1.807, 2.05) is 0 Å². The minimum absolute atomic E-state index is 0.0637. The fourth-order valence-electron chi connectivity index (χ4n) is 2.76. The zero-order chi connectivity index (χ0) is 19.8. The van der Waals surface area contributed by atoms with Gasteiger partial charge in [0, 0.05) is 11.1 Å². The Balaban J connectivity index is 1.63. The number of nitrogens with zero attached hydrogens (tertiary/aromatic N) is 1. The van der Waals surface area contributed by atoms with Crippen molar-refractivity contribution in [1.29, 1.82) is 0 Å². The molecule has 1 aromatic heterocycles. The highest BCUT2D eigenvalue weighted by Crippen LogP contribution is 2.28. The van der Waals surface area contributed by atoms with Gasteiger partial charge in [0.25, 0.3) is 11.8 Å². The van der Waals surface area contributed by atoms with Crippen LogP contribution in [0.5, 0.6) is 0 Å². The summed E-state index contributed by atoms with van der Waals surface area (Å²) >= 11 is 5.92. The second-order valence-corrected chi connectivity index (χ2v) is 6.38. The molecule has 28 heavy (non-hydrogen) atoms. The van der Waals surface area contributed by atoms with Crippen molar-refractivity contribution < 1.29 is 22.8 Å². The number of hydrogen-bond donors (Lipinski definition) is 1. The van der Waals surface area contributed by atoms with Crippen LogP contribution in [-0.2, 0) is 9.59 Å². The molecule has 8 heteroatoms. The molecule has 0 saturated carbocycles. The fraction of sp³-hybridized carbons (Fsp3) is 0. The molecule has 140 valence electrons. The van der Waals surface area contributed by atoms with Gasteiger partial charge in [0.1, 0.15) is 28.7 Å². The standard InChI is InChI=1S/C20H11ClF2N2O3/c21-11-2-1-3-13(8-11)25-20(27)16(19(26)24-25)10-14-5-7-18(28-14)15-6-4-12(22)9-17(15)23/h1-10H,(H,24,26)/b16-10+. The van der Waals surface area contributed by atoms with E-state index in [1.165, 1.54) is 30.3 Å². The quantitative estimate of drug-likeness (QED) is 0.525. The normalized spacial score (nSPS) is 15.4. The average molecular weight is 401 g/mol. The lowest BCUT2D eigenvalue weighted by molar-refractivity contribution is -0.117. The van der Waals surface area contributed by atoms with Gasteiger partial charge in [-0.3, -0.25) is 15.0 Å². The van der Waals surface area contributed by atoms with E-state index in [-0.39, 0.29) is 22.7 Å². The summed E-state index contributed by atoms with van der Waals surface area (Å²) in [5.74, 6) is -2.37. The Labute approximate surface area is 162 Å². The summed E-state index contributed by atoms with van der Waals surface area (Å²) in [5, 5.41) is 1.48. The van der Waals surface area contributed by atoms with Gasteiger partial charge in [-0.2, -0.15) is 0 Å². The molecule has 0 bridgehead atoms. The van der Waals surface area contributed by atoms with E-state index in [4.69, 9.17) is 16.0 Å². The number of benzene rings is 2. The average Bonchev–Trinajstić information content (AvgIpc) is 3.22. The smallest absolute Gasteiger partial charge is 0.282 e. The molecule has 2 aromatic carbocycles. The summed E-state index contributed by atoms with van der Waals surface area (Å²) in [4.78, 5) is 24.8. The Morgan fingerprint density at radius 1 is 1.04 bits per heavy atom. The van der Waals surface area contributed by atoms with E-state index in [0.29, 0.717) is 10.7 Å². The first-order valence-corrected chi connectivity index (χ1v) is 8.48. The van der Waals surface area contributed by atoms with Crippen LogP contribution in [0.15, 0.2) is 64.6 Å². The van der Waals surface area contributed by atoms with Crippen molar-refractivity contribution in [2.24, 2.45) is 0 Å². The Morgan fingerprint density at radius 3 is 2.61 bits per heavy atom. The molecule has 3 aromatic rings. The molecule has 1 aliphatic heterocycles. The number of amides is 2. The molecule has 0 radical (unpaired) electrons. The van der Waals surface area contributed by atoms with Crippen LogP contribution < -0.4 is 10.4 Å². The van der Waals surface area contributed by atoms with Crippen LogP contribution in [0.25, 0.3) is 17.4 Å². The maximum absolute atomic E-state index is 13.9. The van der Waals surface area contributed by atoms with Crippen molar-refractivity contribution in [1.82, 2.24) is 5.43 Å². The summed E-state index contributed by atoms with van der Waals surface area (Å²) in [7, 11) is 0. The molecule has 0 aliphatic carbocycles. The van der Waals surface area contributed by atoms with Crippen LogP contribution in [0.4, 0.5) is 14.5 Å². The Kier molecular flexibility index (Phi) is 4.44. The fourth-order valence-corrected chi connectivity index (χ4v) is 2.95. The van der Waals surface area contributed by atoms with Crippen molar-refractivity contribution in [3.63, 3.8) is 0 Å². The molecule has 1 aliphatic rings. The second kappa shape index (κ2) is 6.94. The minimum atomic E-state index is -0.782. The van der Waals surface area contributed by atoms with E-state index < -0.39 is 23.4 Å². The molecule has 2 heterocycles. The van der Waals surface area contributed by atoms with Gasteiger partial charge in [0.15, 0.2) is 0 Å². The third kappa shape index (κ3) is 3.27. The summed E-state index contributed by atoms with van der Waals surface area (Å²) in [6, 6.07) is 12.5. The number of halogens is 3. The Morgan fingerprint density at radius 2 is 1.86 bits per heavy atom. The molecule has 2 amide bonds. The number of hydrazine groups is 1. The van der Waals surface area contributed by atoms with Crippen molar-refractivity contribution in [2.45, 2.75) is 0 Å². The molecule has 0 atom stereocenters. The van der Waals surface area contributed by atoms with Gasteiger partial charge in [-0.15, -0.1) is 0 Å². The second-order valence-electron chi connectivity index (χ2n) is 5.95. The number of rotatable bonds is 3. The lowest BCUT2D eigenvalue weighted by Gasteiger charge is -2.14. The third-order valence-corrected chi connectivity index (χ3v) is 4.30. The van der Waals surface area contributed by atoms with Crippen molar-refractivity contribution >= 4 is 35.2 Å². The summed E-state index contributed by atoms with van der Waals surface area (Å²) < 4.78 is 32.4. The molecule has 1 fully saturated rings. The molecule has 1 N–H and O–H groups in total. The van der Waals surface area contributed by atoms with E-state index >= 15 is 0 Å². The highest BCUT2D eigenvalue weighted by Gasteiger charge is 2.34. The first-order chi connectivity index (χ1) is 13.4. The molecule has 5 nitrogen and oxygen atoms in total. The van der Waals surface area contributed by atoms with E-state index in [1.54, 1.807) is 18.2 Å². The van der Waals surface area contributed by atoms with Gasteiger partial charge in [-0.25, -0.2) is 13.8 Å². The van der Waals surface area contributed by atoms with Gasteiger partial charge in [0.05, 0.1) is 11.3 Å². The molecule has 0 unspecified atom stereocenters. The lowest BCUT2D eigenvalue weighted by atomic mass is 10.1. The lowest BCUT2D eigenvalue weighted by Crippen LogP contribution is -2.35. The van der Waals surface area contributed by atoms with Gasteiger partial charge in [-0.05, 0) is 48.5 Å². The largest absolute Gasteiger partial charge is 0.457 e. The third-order valence-electron chi connectivity index (χ3n) is 4.07. The van der Waals surface area contributed by atoms with Crippen LogP contribution in [0.2, 0.25) is 5.02 Å². The minimum Gasteiger partial charge on any atom is -0.457 e. The highest BCUT2D eigenvalue weighted by atomic mass is 35.5. The highest BCUT2D eigenvalue weighted by molar-refractivity contribution is 6.33. The van der Waals surface area contributed by atoms with Crippen LogP contribution in [-0.4, -0.2) is 11.8 Å². The molecule has 4 rings (SSSR count). The SMILES string of the molecule is O=C1NN(c2cccc(Cl)c2)C(=O)/C1=C/c1ccc(-c2ccc(F)cc2F)o1. The summed E-state index contributed by atoms with van der Waals surface area (Å²) in [5.41, 5.74) is 2.76. The number of hydrogen-bond acceptors (Lipinski definition) is 3. The van der Waals surface area contributed by atoms with E-state index in [9.17, 15) is 18.4 Å². The van der Waals surface area contributed by atoms with Crippen molar-refractivity contribution in [3.05, 3.63) is 82.6 Å². The molecule has 0 spiro atoms. The maximum Gasteiger partial charge on any atom is 0.282 e. The molecular formula is C20H11ClF2N2O3. The predicted octanol–water partition coefficient (Wildman–Crippen LogP) is 4.34. The first-order valence-electron chi connectivity index (χ1n) is 8.10.